The molecule has 8 heteroatoms. The molecule has 0 fully saturated rings. The van der Waals surface area contributed by atoms with Crippen LogP contribution in [0.25, 0.3) is 0 Å². The molecule has 0 radical (unpaired) electrons. The van der Waals surface area contributed by atoms with Gasteiger partial charge in [0.25, 0.3) is 0 Å². The van der Waals surface area contributed by atoms with E-state index in [0.29, 0.717) is 17.3 Å². The first-order valence-electron chi connectivity index (χ1n) is 5.42. The normalized spacial score (nSPS) is 13.9. The number of aromatic nitrogens is 2. The smallest absolute Gasteiger partial charge is 0.370 e. The summed E-state index contributed by atoms with van der Waals surface area (Å²) in [4.78, 5) is 0. The molecular formula is C10H15ClF3N3O. The molecule has 0 bridgehead atoms. The van der Waals surface area contributed by atoms with Gasteiger partial charge in [0.1, 0.15) is 6.61 Å². The maximum atomic E-state index is 12.0. The van der Waals surface area contributed by atoms with Gasteiger partial charge < -0.3 is 10.1 Å². The third-order valence-corrected chi connectivity index (χ3v) is 2.65. The van der Waals surface area contributed by atoms with Gasteiger partial charge in [-0.1, -0.05) is 11.6 Å². The summed E-state index contributed by atoms with van der Waals surface area (Å²) < 4.78 is 42.2. The second-order valence-electron chi connectivity index (χ2n) is 3.67. The highest BCUT2D eigenvalue weighted by Gasteiger charge is 2.28. The van der Waals surface area contributed by atoms with E-state index in [-0.39, 0.29) is 6.61 Å². The van der Waals surface area contributed by atoms with Crippen molar-refractivity contribution >= 4 is 11.6 Å². The topological polar surface area (TPSA) is 39.1 Å². The Morgan fingerprint density at radius 1 is 1.56 bits per heavy atom. The number of likely N-dealkylation sites (N-methyl/N-ethyl adjacent to an activating group) is 1. The van der Waals surface area contributed by atoms with E-state index in [1.165, 1.54) is 6.20 Å². The van der Waals surface area contributed by atoms with Gasteiger partial charge in [0.2, 0.25) is 0 Å². The molecule has 1 aromatic heterocycles. The number of nitrogens with zero attached hydrogens (tertiary/aromatic N) is 2. The Hall–Kier alpha value is -0.790. The number of ether oxygens (including phenoxy) is 1. The van der Waals surface area contributed by atoms with Crippen LogP contribution in [-0.2, 0) is 11.3 Å². The molecule has 1 heterocycles. The van der Waals surface area contributed by atoms with Crippen molar-refractivity contribution in [3.05, 3.63) is 16.9 Å². The van der Waals surface area contributed by atoms with E-state index in [9.17, 15) is 13.2 Å². The predicted octanol–water partition coefficient (Wildman–Crippen LogP) is 2.40. The van der Waals surface area contributed by atoms with E-state index in [1.807, 2.05) is 6.92 Å². The number of halogens is 4. The van der Waals surface area contributed by atoms with Gasteiger partial charge in [-0.25, -0.2) is 0 Å². The molecule has 0 aliphatic carbocycles. The standard InChI is InChI=1S/C10H15ClF3N3O/c1-3-17-9(7(11)4-16-17)8(15-2)5-18-6-10(12,13)14/h4,8,15H,3,5-6H2,1-2H3. The van der Waals surface area contributed by atoms with Crippen LogP contribution < -0.4 is 5.32 Å². The van der Waals surface area contributed by atoms with Gasteiger partial charge in [-0.05, 0) is 14.0 Å². The highest BCUT2D eigenvalue weighted by atomic mass is 35.5. The van der Waals surface area contributed by atoms with Crippen LogP contribution in [0.2, 0.25) is 5.02 Å². The summed E-state index contributed by atoms with van der Waals surface area (Å²) in [6.45, 7) is 1.06. The van der Waals surface area contributed by atoms with E-state index in [1.54, 1.807) is 11.7 Å². The van der Waals surface area contributed by atoms with Crippen molar-refractivity contribution in [2.75, 3.05) is 20.3 Å². The first-order chi connectivity index (χ1) is 8.39. The van der Waals surface area contributed by atoms with Gasteiger partial charge in [-0.2, -0.15) is 18.3 Å². The van der Waals surface area contributed by atoms with Crippen molar-refractivity contribution in [1.82, 2.24) is 15.1 Å². The molecule has 0 aliphatic heterocycles. The number of hydrogen-bond acceptors (Lipinski definition) is 3. The first-order valence-corrected chi connectivity index (χ1v) is 5.79. The van der Waals surface area contributed by atoms with Crippen molar-refractivity contribution in [3.63, 3.8) is 0 Å². The molecular weight excluding hydrogens is 271 g/mol. The fourth-order valence-corrected chi connectivity index (χ4v) is 1.83. The Kier molecular flexibility index (Phi) is 5.43. The zero-order valence-electron chi connectivity index (χ0n) is 10.1. The second-order valence-corrected chi connectivity index (χ2v) is 4.07. The third-order valence-electron chi connectivity index (χ3n) is 2.36. The van der Waals surface area contributed by atoms with Gasteiger partial charge in [0.15, 0.2) is 0 Å². The first kappa shape index (κ1) is 15.3. The molecule has 18 heavy (non-hydrogen) atoms. The molecule has 1 rings (SSSR count). The molecule has 4 nitrogen and oxygen atoms in total. The zero-order valence-corrected chi connectivity index (χ0v) is 10.8. The molecule has 1 atom stereocenters. The van der Waals surface area contributed by atoms with E-state index in [4.69, 9.17) is 11.6 Å². The van der Waals surface area contributed by atoms with Gasteiger partial charge in [-0.15, -0.1) is 0 Å². The Morgan fingerprint density at radius 3 is 2.72 bits per heavy atom. The molecule has 0 aliphatic rings. The molecule has 1 unspecified atom stereocenters. The largest absolute Gasteiger partial charge is 0.411 e. The van der Waals surface area contributed by atoms with Gasteiger partial charge in [0.05, 0.1) is 29.6 Å². The molecule has 0 saturated carbocycles. The number of aryl methyl sites for hydroxylation is 1. The monoisotopic (exact) mass is 285 g/mol. The summed E-state index contributed by atoms with van der Waals surface area (Å²) >= 11 is 5.96. The second kappa shape index (κ2) is 6.40. The molecule has 1 N–H and O–H groups in total. The average molecular weight is 286 g/mol. The zero-order chi connectivity index (χ0) is 13.8. The van der Waals surface area contributed by atoms with Crippen molar-refractivity contribution in [3.8, 4) is 0 Å². The minimum atomic E-state index is -4.33. The maximum Gasteiger partial charge on any atom is 0.411 e. The Balaban J connectivity index is 2.68. The Labute approximate surface area is 108 Å². The predicted molar refractivity (Wildman–Crippen MR) is 61.6 cm³/mol. The van der Waals surface area contributed by atoms with Gasteiger partial charge >= 0.3 is 6.18 Å². The summed E-state index contributed by atoms with van der Waals surface area (Å²) in [5.41, 5.74) is 0.629. The lowest BCUT2D eigenvalue weighted by Crippen LogP contribution is -2.27. The molecule has 104 valence electrons. The van der Waals surface area contributed by atoms with Crippen LogP contribution >= 0.6 is 11.6 Å². The summed E-state index contributed by atoms with van der Waals surface area (Å²) in [7, 11) is 1.63. The van der Waals surface area contributed by atoms with Crippen LogP contribution in [0.1, 0.15) is 18.7 Å². The molecule has 1 aromatic rings. The number of nitrogens with one attached hydrogen (secondary N) is 1. The molecule has 0 aromatic carbocycles. The lowest BCUT2D eigenvalue weighted by molar-refractivity contribution is -0.175. The van der Waals surface area contributed by atoms with Crippen molar-refractivity contribution in [2.24, 2.45) is 0 Å². The lowest BCUT2D eigenvalue weighted by Gasteiger charge is -2.18. The highest BCUT2D eigenvalue weighted by Crippen LogP contribution is 2.23. The highest BCUT2D eigenvalue weighted by molar-refractivity contribution is 6.31. The van der Waals surface area contributed by atoms with Crippen LogP contribution in [0.3, 0.4) is 0 Å². The minimum Gasteiger partial charge on any atom is -0.370 e. The van der Waals surface area contributed by atoms with Crippen LogP contribution in [0, 0.1) is 0 Å². The lowest BCUT2D eigenvalue weighted by atomic mass is 10.2. The molecule has 0 amide bonds. The van der Waals surface area contributed by atoms with Crippen molar-refractivity contribution in [1.29, 1.82) is 0 Å². The number of alkyl halides is 3. The van der Waals surface area contributed by atoms with Crippen LogP contribution in [-0.4, -0.2) is 36.2 Å². The molecule has 0 spiro atoms. The fraction of sp³-hybridized carbons (Fsp3) is 0.700. The summed E-state index contributed by atoms with van der Waals surface area (Å²) in [6, 6.07) is -0.428. The SMILES string of the molecule is CCn1ncc(Cl)c1C(COCC(F)(F)F)NC. The van der Waals surface area contributed by atoms with E-state index in [0.717, 1.165) is 0 Å². The fourth-order valence-electron chi connectivity index (χ4n) is 1.56. The minimum absolute atomic E-state index is 0.124. The third kappa shape index (κ3) is 4.15. The maximum absolute atomic E-state index is 12.0. The quantitative estimate of drug-likeness (QED) is 0.872. The van der Waals surface area contributed by atoms with E-state index >= 15 is 0 Å². The van der Waals surface area contributed by atoms with E-state index in [2.05, 4.69) is 15.2 Å². The summed E-state index contributed by atoms with van der Waals surface area (Å²) in [5.74, 6) is 0. The van der Waals surface area contributed by atoms with Crippen LogP contribution in [0.5, 0.6) is 0 Å². The van der Waals surface area contributed by atoms with Crippen molar-refractivity contribution < 1.29 is 17.9 Å². The van der Waals surface area contributed by atoms with Crippen LogP contribution in [0.4, 0.5) is 13.2 Å². The van der Waals surface area contributed by atoms with Crippen LogP contribution in [0.15, 0.2) is 6.20 Å². The summed E-state index contributed by atoms with van der Waals surface area (Å²) in [6.07, 6.45) is -2.86. The Bertz CT molecular complexity index is 381. The number of hydrogen-bond donors (Lipinski definition) is 1. The summed E-state index contributed by atoms with van der Waals surface area (Å²) in [5, 5.41) is 7.30. The van der Waals surface area contributed by atoms with E-state index < -0.39 is 18.8 Å². The molecule has 0 saturated heterocycles. The van der Waals surface area contributed by atoms with Gasteiger partial charge in [0, 0.05) is 6.54 Å². The number of rotatable bonds is 6. The Morgan fingerprint density at radius 2 is 2.22 bits per heavy atom. The van der Waals surface area contributed by atoms with Gasteiger partial charge in [-0.3, -0.25) is 4.68 Å². The average Bonchev–Trinajstić information content (AvgIpc) is 2.65. The van der Waals surface area contributed by atoms with Crippen molar-refractivity contribution in [2.45, 2.75) is 25.7 Å².